The minimum Gasteiger partial charge on any atom is -0.380 e. The average Bonchev–Trinajstić information content (AvgIpc) is 2.71. The minimum absolute atomic E-state index is 0.612. The number of aromatic nitrogens is 2. The summed E-state index contributed by atoms with van der Waals surface area (Å²) in [6, 6.07) is 2.07. The molecule has 1 aromatic rings. The number of ether oxygens (including phenoxy) is 1. The van der Waals surface area contributed by atoms with E-state index in [1.54, 1.807) is 0 Å². The Morgan fingerprint density at radius 3 is 3.00 bits per heavy atom. The quantitative estimate of drug-likeness (QED) is 0.670. The Hall–Kier alpha value is -0.870. The van der Waals surface area contributed by atoms with E-state index in [0.29, 0.717) is 5.92 Å². The minimum atomic E-state index is 0.612. The maximum Gasteiger partial charge on any atom is 0.0591 e. The van der Waals surface area contributed by atoms with Crippen LogP contribution >= 0.6 is 0 Å². The van der Waals surface area contributed by atoms with Gasteiger partial charge in [-0.1, -0.05) is 20.8 Å². The summed E-state index contributed by atoms with van der Waals surface area (Å²) in [5, 5.41) is 7.66. The molecular weight excluding hydrogens is 214 g/mol. The molecule has 1 aromatic heterocycles. The fourth-order valence-corrected chi connectivity index (χ4v) is 1.60. The molecule has 4 nitrogen and oxygen atoms in total. The van der Waals surface area contributed by atoms with Crippen LogP contribution in [-0.4, -0.2) is 29.5 Å². The zero-order valence-corrected chi connectivity index (χ0v) is 11.3. The first-order chi connectivity index (χ1) is 8.24. The van der Waals surface area contributed by atoms with Crippen molar-refractivity contribution in [2.24, 2.45) is 5.92 Å². The van der Waals surface area contributed by atoms with Crippen LogP contribution in [0.2, 0.25) is 0 Å². The van der Waals surface area contributed by atoms with Crippen LogP contribution in [0, 0.1) is 5.92 Å². The molecular formula is C13H25N3O. The Morgan fingerprint density at radius 1 is 1.47 bits per heavy atom. The monoisotopic (exact) mass is 239 g/mol. The third kappa shape index (κ3) is 5.84. The van der Waals surface area contributed by atoms with Crippen LogP contribution in [0.5, 0.6) is 0 Å². The van der Waals surface area contributed by atoms with Gasteiger partial charge in [0.15, 0.2) is 0 Å². The van der Waals surface area contributed by atoms with Gasteiger partial charge in [0.1, 0.15) is 0 Å². The van der Waals surface area contributed by atoms with Crippen molar-refractivity contribution in [1.29, 1.82) is 0 Å². The Balaban J connectivity index is 2.11. The van der Waals surface area contributed by atoms with E-state index in [-0.39, 0.29) is 0 Å². The molecule has 0 unspecified atom stereocenters. The van der Waals surface area contributed by atoms with E-state index in [0.717, 1.165) is 39.3 Å². The first-order valence-electron chi connectivity index (χ1n) is 6.53. The van der Waals surface area contributed by atoms with Gasteiger partial charge in [-0.25, -0.2) is 0 Å². The van der Waals surface area contributed by atoms with Crippen LogP contribution in [0.15, 0.2) is 12.3 Å². The number of hydrogen-bond donors (Lipinski definition) is 1. The Kier molecular flexibility index (Phi) is 6.89. The summed E-state index contributed by atoms with van der Waals surface area (Å²) in [6.07, 6.45) is 2.98. The molecule has 0 saturated carbocycles. The van der Waals surface area contributed by atoms with E-state index >= 15 is 0 Å². The third-order valence-corrected chi connectivity index (χ3v) is 2.42. The lowest BCUT2D eigenvalue weighted by molar-refractivity contribution is 0.111. The lowest BCUT2D eigenvalue weighted by atomic mass is 10.2. The maximum atomic E-state index is 5.51. The van der Waals surface area contributed by atoms with Crippen LogP contribution in [-0.2, 0) is 17.8 Å². The zero-order valence-electron chi connectivity index (χ0n) is 11.3. The second kappa shape index (κ2) is 8.25. The number of aryl methyl sites for hydroxylation is 1. The van der Waals surface area contributed by atoms with Crippen LogP contribution in [0.3, 0.4) is 0 Å². The SMILES string of the molecule is CCCn1nccc1CNCCOCC(C)C. The van der Waals surface area contributed by atoms with Crippen molar-refractivity contribution in [1.82, 2.24) is 15.1 Å². The number of rotatable bonds is 9. The molecule has 1 N–H and O–H groups in total. The van der Waals surface area contributed by atoms with Gasteiger partial charge in [0, 0.05) is 32.4 Å². The van der Waals surface area contributed by atoms with Crippen molar-refractivity contribution in [3.63, 3.8) is 0 Å². The number of hydrogen-bond acceptors (Lipinski definition) is 3. The molecule has 0 aromatic carbocycles. The van der Waals surface area contributed by atoms with Gasteiger partial charge in [-0.15, -0.1) is 0 Å². The van der Waals surface area contributed by atoms with Crippen LogP contribution in [0.4, 0.5) is 0 Å². The molecule has 17 heavy (non-hydrogen) atoms. The van der Waals surface area contributed by atoms with Crippen molar-refractivity contribution in [3.8, 4) is 0 Å². The van der Waals surface area contributed by atoms with Gasteiger partial charge < -0.3 is 10.1 Å². The maximum absolute atomic E-state index is 5.51. The van der Waals surface area contributed by atoms with Crippen molar-refractivity contribution >= 4 is 0 Å². The van der Waals surface area contributed by atoms with Crippen LogP contribution in [0.1, 0.15) is 32.9 Å². The van der Waals surface area contributed by atoms with Gasteiger partial charge in [0.2, 0.25) is 0 Å². The zero-order chi connectivity index (χ0) is 12.5. The summed E-state index contributed by atoms with van der Waals surface area (Å²) in [7, 11) is 0. The number of nitrogens with zero attached hydrogens (tertiary/aromatic N) is 2. The van der Waals surface area contributed by atoms with Crippen LogP contribution < -0.4 is 5.32 Å². The highest BCUT2D eigenvalue weighted by Crippen LogP contribution is 1.99. The molecule has 0 saturated heterocycles. The largest absolute Gasteiger partial charge is 0.380 e. The van der Waals surface area contributed by atoms with Gasteiger partial charge in [0.05, 0.1) is 12.3 Å². The average molecular weight is 239 g/mol. The predicted molar refractivity (Wildman–Crippen MR) is 69.9 cm³/mol. The molecule has 0 aliphatic carbocycles. The molecule has 98 valence electrons. The highest BCUT2D eigenvalue weighted by atomic mass is 16.5. The van der Waals surface area contributed by atoms with Gasteiger partial charge >= 0.3 is 0 Å². The van der Waals surface area contributed by atoms with Gasteiger partial charge in [-0.3, -0.25) is 4.68 Å². The Bertz CT molecular complexity index is 297. The van der Waals surface area contributed by atoms with Crippen molar-refractivity contribution < 1.29 is 4.74 Å². The second-order valence-electron chi connectivity index (χ2n) is 4.69. The summed E-state index contributed by atoms with van der Waals surface area (Å²) in [4.78, 5) is 0. The molecule has 0 amide bonds. The van der Waals surface area contributed by atoms with Gasteiger partial charge in [0.25, 0.3) is 0 Å². The first-order valence-corrected chi connectivity index (χ1v) is 6.53. The summed E-state index contributed by atoms with van der Waals surface area (Å²) >= 11 is 0. The highest BCUT2D eigenvalue weighted by Gasteiger charge is 2.00. The van der Waals surface area contributed by atoms with E-state index in [4.69, 9.17) is 4.74 Å². The van der Waals surface area contributed by atoms with Gasteiger partial charge in [-0.05, 0) is 18.4 Å². The lowest BCUT2D eigenvalue weighted by Crippen LogP contribution is -2.22. The Morgan fingerprint density at radius 2 is 2.29 bits per heavy atom. The summed E-state index contributed by atoms with van der Waals surface area (Å²) in [5.41, 5.74) is 1.25. The standard InChI is InChI=1S/C13H25N3O/c1-4-8-16-13(5-6-15-16)10-14-7-9-17-11-12(2)3/h5-6,12,14H,4,7-11H2,1-3H3. The van der Waals surface area contributed by atoms with E-state index in [2.05, 4.69) is 41.9 Å². The van der Waals surface area contributed by atoms with Crippen molar-refractivity contribution in [2.75, 3.05) is 19.8 Å². The molecule has 0 bridgehead atoms. The molecule has 4 heteroatoms. The fourth-order valence-electron chi connectivity index (χ4n) is 1.60. The van der Waals surface area contributed by atoms with Gasteiger partial charge in [-0.2, -0.15) is 5.10 Å². The summed E-state index contributed by atoms with van der Waals surface area (Å²) in [5.74, 6) is 0.612. The Labute approximate surface area is 104 Å². The first kappa shape index (κ1) is 14.2. The second-order valence-corrected chi connectivity index (χ2v) is 4.69. The molecule has 0 radical (unpaired) electrons. The van der Waals surface area contributed by atoms with E-state index < -0.39 is 0 Å². The van der Waals surface area contributed by atoms with E-state index in [1.165, 1.54) is 5.69 Å². The molecule has 1 heterocycles. The topological polar surface area (TPSA) is 39.1 Å². The van der Waals surface area contributed by atoms with Crippen molar-refractivity contribution in [3.05, 3.63) is 18.0 Å². The highest BCUT2D eigenvalue weighted by molar-refractivity contribution is 4.99. The van der Waals surface area contributed by atoms with E-state index in [9.17, 15) is 0 Å². The normalized spacial score (nSPS) is 11.3. The molecule has 0 atom stereocenters. The lowest BCUT2D eigenvalue weighted by Gasteiger charge is -2.09. The van der Waals surface area contributed by atoms with E-state index in [1.807, 2.05) is 6.20 Å². The van der Waals surface area contributed by atoms with Crippen LogP contribution in [0.25, 0.3) is 0 Å². The van der Waals surface area contributed by atoms with Crippen molar-refractivity contribution in [2.45, 2.75) is 40.3 Å². The molecule has 0 aliphatic rings. The summed E-state index contributed by atoms with van der Waals surface area (Å²) < 4.78 is 7.56. The molecule has 1 rings (SSSR count). The predicted octanol–water partition coefficient (Wildman–Crippen LogP) is 2.06. The molecule has 0 spiro atoms. The fraction of sp³-hybridized carbons (Fsp3) is 0.769. The third-order valence-electron chi connectivity index (χ3n) is 2.42. The number of nitrogens with one attached hydrogen (secondary N) is 1. The molecule has 0 aliphatic heterocycles. The summed E-state index contributed by atoms with van der Waals surface area (Å²) in [6.45, 7) is 10.9. The molecule has 0 fully saturated rings. The smallest absolute Gasteiger partial charge is 0.0591 e.